The van der Waals surface area contributed by atoms with Crippen molar-refractivity contribution in [3.8, 4) is 0 Å². The van der Waals surface area contributed by atoms with Gasteiger partial charge in [0.05, 0.1) is 5.69 Å². The van der Waals surface area contributed by atoms with E-state index in [2.05, 4.69) is 24.9 Å². The molecule has 1 aromatic rings. The van der Waals surface area contributed by atoms with Crippen molar-refractivity contribution in [1.82, 2.24) is 4.98 Å². The third-order valence-electron chi connectivity index (χ3n) is 1.48. The number of rotatable bonds is 3. The molecule has 0 saturated heterocycles. The summed E-state index contributed by atoms with van der Waals surface area (Å²) >= 11 is 1.86. The van der Waals surface area contributed by atoms with Crippen LogP contribution in [0.2, 0.25) is 0 Å². The molecule has 0 aliphatic heterocycles. The molecule has 11 heavy (non-hydrogen) atoms. The van der Waals surface area contributed by atoms with Crippen LogP contribution in [0, 0.1) is 0 Å². The minimum atomic E-state index is 1.03. The number of thioether (sulfide) groups is 1. The fraction of sp³-hybridized carbons (Fsp3) is 0.444. The van der Waals surface area contributed by atoms with E-state index in [4.69, 9.17) is 0 Å². The highest BCUT2D eigenvalue weighted by Gasteiger charge is 1.98. The summed E-state index contributed by atoms with van der Waals surface area (Å²) in [6.45, 7) is 4.30. The molecule has 0 amide bonds. The van der Waals surface area contributed by atoms with E-state index < -0.39 is 0 Å². The number of aryl methyl sites for hydroxylation is 1. The van der Waals surface area contributed by atoms with Crippen LogP contribution in [0.25, 0.3) is 0 Å². The first-order valence-electron chi connectivity index (χ1n) is 3.95. The summed E-state index contributed by atoms with van der Waals surface area (Å²) in [6.07, 6.45) is 2.89. The van der Waals surface area contributed by atoms with Gasteiger partial charge in [-0.1, -0.05) is 13.8 Å². The molecule has 60 valence electrons. The van der Waals surface area contributed by atoms with Gasteiger partial charge in [0.15, 0.2) is 0 Å². The van der Waals surface area contributed by atoms with E-state index in [-0.39, 0.29) is 0 Å². The van der Waals surface area contributed by atoms with E-state index in [1.807, 2.05) is 24.0 Å². The molecule has 0 saturated carbocycles. The van der Waals surface area contributed by atoms with Gasteiger partial charge < -0.3 is 0 Å². The smallest absolute Gasteiger partial charge is 0.0536 e. The lowest BCUT2D eigenvalue weighted by molar-refractivity contribution is 0.980. The lowest BCUT2D eigenvalue weighted by Gasteiger charge is -2.02. The average Bonchev–Trinajstić information content (AvgIpc) is 2.06. The molecule has 2 heteroatoms. The summed E-state index contributed by atoms with van der Waals surface area (Å²) in [5.41, 5.74) is 1.22. The second-order valence-corrected chi connectivity index (χ2v) is 3.54. The highest BCUT2D eigenvalue weighted by atomic mass is 32.2. The van der Waals surface area contributed by atoms with Gasteiger partial charge in [-0.05, 0) is 24.3 Å². The van der Waals surface area contributed by atoms with Crippen molar-refractivity contribution in [2.45, 2.75) is 25.2 Å². The second-order valence-electron chi connectivity index (χ2n) is 2.23. The van der Waals surface area contributed by atoms with Crippen LogP contribution >= 0.6 is 11.8 Å². The van der Waals surface area contributed by atoms with Gasteiger partial charge in [0.2, 0.25) is 0 Å². The van der Waals surface area contributed by atoms with E-state index in [0.29, 0.717) is 0 Å². The van der Waals surface area contributed by atoms with Crippen molar-refractivity contribution < 1.29 is 0 Å². The van der Waals surface area contributed by atoms with Gasteiger partial charge in [-0.2, -0.15) is 0 Å². The lowest BCUT2D eigenvalue weighted by atomic mass is 10.3. The Morgan fingerprint density at radius 3 is 2.91 bits per heavy atom. The molecule has 0 unspecified atom stereocenters. The summed E-state index contributed by atoms with van der Waals surface area (Å²) in [5.74, 6) is 1.12. The maximum atomic E-state index is 4.29. The van der Waals surface area contributed by atoms with Gasteiger partial charge in [-0.15, -0.1) is 11.8 Å². The molecule has 0 fully saturated rings. The zero-order chi connectivity index (χ0) is 8.10. The molecule has 0 bridgehead atoms. The summed E-state index contributed by atoms with van der Waals surface area (Å²) in [5, 5.41) is 0. The summed E-state index contributed by atoms with van der Waals surface area (Å²) < 4.78 is 0. The van der Waals surface area contributed by atoms with Crippen molar-refractivity contribution in [3.63, 3.8) is 0 Å². The van der Waals surface area contributed by atoms with Gasteiger partial charge in [-0.3, -0.25) is 4.98 Å². The van der Waals surface area contributed by atoms with Gasteiger partial charge >= 0.3 is 0 Å². The number of hydrogen-bond acceptors (Lipinski definition) is 2. The van der Waals surface area contributed by atoms with Crippen LogP contribution in [-0.4, -0.2) is 10.7 Å². The molecule has 1 nitrogen and oxygen atoms in total. The highest BCUT2D eigenvalue weighted by molar-refractivity contribution is 7.99. The van der Waals surface area contributed by atoms with Crippen LogP contribution in [-0.2, 0) is 6.42 Å². The van der Waals surface area contributed by atoms with Crippen molar-refractivity contribution in [1.29, 1.82) is 0 Å². The first-order chi connectivity index (χ1) is 5.38. The first-order valence-corrected chi connectivity index (χ1v) is 4.93. The molecule has 0 aliphatic carbocycles. The Bertz CT molecular complexity index is 223. The Labute approximate surface area is 72.2 Å². The first kappa shape index (κ1) is 8.60. The molecule has 1 aromatic heterocycles. The maximum absolute atomic E-state index is 4.29. The molecule has 1 rings (SSSR count). The number of hydrogen-bond donors (Lipinski definition) is 0. The predicted octanol–water partition coefficient (Wildman–Crippen LogP) is 2.76. The van der Waals surface area contributed by atoms with Crippen LogP contribution in [0.1, 0.15) is 19.5 Å². The van der Waals surface area contributed by atoms with E-state index in [1.54, 1.807) is 0 Å². The Kier molecular flexibility index (Phi) is 3.43. The fourth-order valence-electron chi connectivity index (χ4n) is 0.976. The van der Waals surface area contributed by atoms with Crippen molar-refractivity contribution in [2.24, 2.45) is 0 Å². The monoisotopic (exact) mass is 167 g/mol. The summed E-state index contributed by atoms with van der Waals surface area (Å²) in [6, 6.07) is 4.14. The van der Waals surface area contributed by atoms with Crippen LogP contribution in [0.15, 0.2) is 23.2 Å². The van der Waals surface area contributed by atoms with Crippen LogP contribution in [0.5, 0.6) is 0 Å². The van der Waals surface area contributed by atoms with Crippen molar-refractivity contribution in [3.05, 3.63) is 24.0 Å². The topological polar surface area (TPSA) is 12.9 Å². The maximum Gasteiger partial charge on any atom is 0.0536 e. The quantitative estimate of drug-likeness (QED) is 0.642. The zero-order valence-electron chi connectivity index (χ0n) is 7.00. The van der Waals surface area contributed by atoms with Gasteiger partial charge in [0, 0.05) is 11.1 Å². The number of nitrogens with zero attached hydrogens (tertiary/aromatic N) is 1. The Morgan fingerprint density at radius 1 is 1.45 bits per heavy atom. The molecule has 1 heterocycles. The summed E-state index contributed by atoms with van der Waals surface area (Å²) in [7, 11) is 0. The van der Waals surface area contributed by atoms with Gasteiger partial charge in [0.1, 0.15) is 0 Å². The molecule has 0 N–H and O–H groups in total. The normalized spacial score (nSPS) is 10.0. The largest absolute Gasteiger partial charge is 0.260 e. The third-order valence-corrected chi connectivity index (χ3v) is 2.45. The third kappa shape index (κ3) is 2.22. The second kappa shape index (κ2) is 4.39. The SMILES string of the molecule is CCSc1cccnc1CC. The van der Waals surface area contributed by atoms with E-state index in [0.717, 1.165) is 12.2 Å². The highest BCUT2D eigenvalue weighted by Crippen LogP contribution is 2.20. The molecule has 0 aromatic carbocycles. The molecule has 0 spiro atoms. The minimum absolute atomic E-state index is 1.03. The van der Waals surface area contributed by atoms with Crippen LogP contribution in [0.3, 0.4) is 0 Å². The fourth-order valence-corrected chi connectivity index (χ4v) is 1.83. The van der Waals surface area contributed by atoms with Crippen LogP contribution < -0.4 is 0 Å². The van der Waals surface area contributed by atoms with Crippen molar-refractivity contribution in [2.75, 3.05) is 5.75 Å². The number of aromatic nitrogens is 1. The van der Waals surface area contributed by atoms with Gasteiger partial charge in [0.25, 0.3) is 0 Å². The van der Waals surface area contributed by atoms with Crippen LogP contribution in [0.4, 0.5) is 0 Å². The number of pyridine rings is 1. The van der Waals surface area contributed by atoms with Gasteiger partial charge in [-0.25, -0.2) is 0 Å². The molecular formula is C9H13NS. The predicted molar refractivity (Wildman–Crippen MR) is 50.0 cm³/mol. The average molecular weight is 167 g/mol. The molecule has 0 radical (unpaired) electrons. The van der Waals surface area contributed by atoms with E-state index in [9.17, 15) is 0 Å². The standard InChI is InChI=1S/C9H13NS/c1-3-8-9(11-4-2)6-5-7-10-8/h5-7H,3-4H2,1-2H3. The molecule has 0 aliphatic rings. The molecule has 0 atom stereocenters. The zero-order valence-corrected chi connectivity index (χ0v) is 7.82. The van der Waals surface area contributed by atoms with E-state index in [1.165, 1.54) is 10.6 Å². The summed E-state index contributed by atoms with van der Waals surface area (Å²) in [4.78, 5) is 5.63. The molecular weight excluding hydrogens is 154 g/mol. The van der Waals surface area contributed by atoms with Crippen molar-refractivity contribution >= 4 is 11.8 Å². The lowest BCUT2D eigenvalue weighted by Crippen LogP contribution is -1.89. The Hall–Kier alpha value is -0.500. The Morgan fingerprint density at radius 2 is 2.27 bits per heavy atom. The minimum Gasteiger partial charge on any atom is -0.260 e. The van der Waals surface area contributed by atoms with E-state index >= 15 is 0 Å². The Balaban J connectivity index is 2.83.